The summed E-state index contributed by atoms with van der Waals surface area (Å²) in [4.78, 5) is 112. The number of nitrogens with one attached hydrogen (secondary N) is 4. The molecule has 2 aliphatic heterocycles. The lowest BCUT2D eigenvalue weighted by Crippen LogP contribution is -2.56. The molecule has 370 valence electrons. The number of amides is 6. The number of cyclic esters (lactones) is 1. The molecular weight excluding hydrogens is 913 g/mol. The Morgan fingerprint density at radius 2 is 1.51 bits per heavy atom. The Morgan fingerprint density at radius 3 is 2.17 bits per heavy atom. The zero-order valence-electron chi connectivity index (χ0n) is 40.0. The van der Waals surface area contributed by atoms with Gasteiger partial charge in [0.1, 0.15) is 31.3 Å². The number of ether oxygens (including phenoxy) is 2. The molecule has 0 fully saturated rings. The Hall–Kier alpha value is -7.93. The number of pyridine rings is 2. The number of benzene rings is 3. The number of aliphatic hydroxyl groups is 1. The summed E-state index contributed by atoms with van der Waals surface area (Å²) < 4.78 is 12.3. The van der Waals surface area contributed by atoms with Crippen LogP contribution in [0.4, 0.5) is 4.79 Å². The van der Waals surface area contributed by atoms with Crippen molar-refractivity contribution >= 4 is 52.5 Å². The number of carbonyl (C=O) groups excluding carboxylic acids is 7. The van der Waals surface area contributed by atoms with Crippen LogP contribution in [-0.4, -0.2) is 105 Å². The highest BCUT2D eigenvalue weighted by molar-refractivity contribution is 5.96. The Morgan fingerprint density at radius 1 is 0.873 bits per heavy atom. The van der Waals surface area contributed by atoms with Gasteiger partial charge in [-0.05, 0) is 80.5 Å². The fraction of sp³-hybridized carbons (Fsp3) is 0.365. The molecule has 3 aliphatic rings. The average Bonchev–Trinajstić information content (AvgIpc) is 3.88. The normalized spacial score (nSPS) is 16.5. The molecule has 2 aromatic heterocycles. The van der Waals surface area contributed by atoms with Crippen LogP contribution in [0.2, 0.25) is 0 Å². The molecule has 1 aliphatic carbocycles. The van der Waals surface area contributed by atoms with Crippen LogP contribution in [0.25, 0.3) is 33.4 Å². The van der Waals surface area contributed by atoms with E-state index in [1.807, 2.05) is 86.6 Å². The lowest BCUT2D eigenvalue weighted by molar-refractivity contribution is -0.172. The number of primary amides is 1. The molecule has 0 bridgehead atoms. The van der Waals surface area contributed by atoms with Crippen molar-refractivity contribution < 1.29 is 48.1 Å². The van der Waals surface area contributed by atoms with Crippen LogP contribution in [0.3, 0.4) is 0 Å². The molecule has 3 aromatic carbocycles. The Balaban J connectivity index is 0.873. The quantitative estimate of drug-likeness (QED) is 0.0721. The fourth-order valence-corrected chi connectivity index (χ4v) is 9.68. The maximum absolute atomic E-state index is 13.9. The summed E-state index contributed by atoms with van der Waals surface area (Å²) in [6.45, 7) is 7.61. The van der Waals surface area contributed by atoms with Crippen molar-refractivity contribution in [3.8, 4) is 22.5 Å². The predicted molar refractivity (Wildman–Crippen MR) is 259 cm³/mol. The van der Waals surface area contributed by atoms with Crippen molar-refractivity contribution in [2.75, 3.05) is 19.7 Å². The molecule has 0 radical (unpaired) electrons. The van der Waals surface area contributed by atoms with Crippen molar-refractivity contribution in [3.63, 3.8) is 0 Å². The zero-order valence-corrected chi connectivity index (χ0v) is 40.0. The van der Waals surface area contributed by atoms with Crippen molar-refractivity contribution in [1.82, 2.24) is 35.7 Å². The summed E-state index contributed by atoms with van der Waals surface area (Å²) in [5, 5.41) is 22.1. The highest BCUT2D eigenvalue weighted by Gasteiger charge is 2.45. The lowest BCUT2D eigenvalue weighted by Gasteiger charge is -2.31. The minimum absolute atomic E-state index is 0.00218. The first-order valence-corrected chi connectivity index (χ1v) is 23.6. The monoisotopic (exact) mass is 968 g/mol. The molecule has 0 saturated heterocycles. The van der Waals surface area contributed by atoms with Crippen LogP contribution < -0.4 is 32.6 Å². The van der Waals surface area contributed by atoms with Gasteiger partial charge in [0, 0.05) is 35.0 Å². The number of aromatic nitrogens is 2. The third kappa shape index (κ3) is 9.69. The average molecular weight is 969 g/mol. The second-order valence-electron chi connectivity index (χ2n) is 18.3. The summed E-state index contributed by atoms with van der Waals surface area (Å²) in [5.74, 6) is -4.84. The molecule has 4 atom stereocenters. The first kappa shape index (κ1) is 49.5. The molecule has 4 heterocycles. The van der Waals surface area contributed by atoms with E-state index >= 15 is 0 Å². The molecule has 19 heteroatoms. The standard InChI is InChI=1S/C52H56N8O11/c1-6-52(69)39-21-42-45-36(24-60(42)49(66)38(39)26-70-50(52)67)34(35-17-11-12-18-40(35)57-45)19-20-59(27(2)3)44(62)23-54-48(65)41(22-43(53)61)58-47(64)28(4)55-46(63)29(5)56-51(68)71-25-37-32-15-9-7-13-30(32)31-14-8-10-16-33(31)37/h7-18,21,27-29,37,41,69H,6,19-20,22-26H2,1-5H3,(H2,53,61)(H,54,65)(H,55,63)(H,56,68)(H,58,64)/t28-,29-,41-,52-/m0/s1. The van der Waals surface area contributed by atoms with Gasteiger partial charge in [-0.2, -0.15) is 0 Å². The van der Waals surface area contributed by atoms with E-state index in [2.05, 4.69) is 21.3 Å². The first-order chi connectivity index (χ1) is 33.9. The number of carbonyl (C=O) groups is 7. The van der Waals surface area contributed by atoms with Crippen molar-refractivity contribution in [2.45, 2.75) is 103 Å². The molecule has 8 rings (SSSR count). The van der Waals surface area contributed by atoms with E-state index in [-0.39, 0.29) is 55.8 Å². The molecule has 19 nitrogen and oxygen atoms in total. The summed E-state index contributed by atoms with van der Waals surface area (Å²) in [5.41, 5.74) is 10.8. The maximum atomic E-state index is 13.9. The highest BCUT2D eigenvalue weighted by atomic mass is 16.6. The third-order valence-corrected chi connectivity index (χ3v) is 13.5. The Labute approximate surface area is 408 Å². The van der Waals surface area contributed by atoms with Crippen LogP contribution in [0.1, 0.15) is 86.8 Å². The Kier molecular flexibility index (Phi) is 14.1. The Bertz CT molecular complexity index is 3010. The van der Waals surface area contributed by atoms with Gasteiger partial charge in [-0.1, -0.05) is 73.7 Å². The number of hydrogen-bond donors (Lipinski definition) is 6. The first-order valence-electron chi connectivity index (χ1n) is 23.6. The molecular formula is C52H56N8O11. The van der Waals surface area contributed by atoms with Gasteiger partial charge in [-0.25, -0.2) is 14.6 Å². The van der Waals surface area contributed by atoms with Gasteiger partial charge in [-0.3, -0.25) is 28.8 Å². The van der Waals surface area contributed by atoms with Crippen LogP contribution in [-0.2, 0) is 63.4 Å². The molecule has 6 amide bonds. The van der Waals surface area contributed by atoms with Crippen LogP contribution in [0, 0.1) is 0 Å². The number of hydrogen-bond acceptors (Lipinski definition) is 12. The molecule has 71 heavy (non-hydrogen) atoms. The van der Waals surface area contributed by atoms with Gasteiger partial charge in [0.05, 0.1) is 42.0 Å². The number of para-hydroxylation sites is 1. The summed E-state index contributed by atoms with van der Waals surface area (Å²) >= 11 is 0. The smallest absolute Gasteiger partial charge is 0.407 e. The highest BCUT2D eigenvalue weighted by Crippen LogP contribution is 2.45. The van der Waals surface area contributed by atoms with E-state index in [0.29, 0.717) is 23.3 Å². The van der Waals surface area contributed by atoms with Crippen molar-refractivity contribution in [1.29, 1.82) is 0 Å². The largest absolute Gasteiger partial charge is 0.458 e. The van der Waals surface area contributed by atoms with E-state index in [9.17, 15) is 43.5 Å². The SMILES string of the molecule is CC[C@@]1(O)C(=O)OCc2c1cc1n(c2=O)Cc2c-1nc1ccccc1c2CCN(C(=O)CNC(=O)[C@H](CC(N)=O)NC(=O)[C@H](C)NC(=O)[C@H](C)NC(=O)OCC1c2ccccc2-c2ccccc21)C(C)C. The summed E-state index contributed by atoms with van der Waals surface area (Å²) in [7, 11) is 0. The summed E-state index contributed by atoms with van der Waals surface area (Å²) in [6.07, 6.45) is -1.14. The van der Waals surface area contributed by atoms with Crippen molar-refractivity contribution in [3.05, 3.63) is 123 Å². The predicted octanol–water partition coefficient (Wildman–Crippen LogP) is 2.77. The topological polar surface area (TPSA) is 270 Å². The van der Waals surface area contributed by atoms with Gasteiger partial charge in [0.2, 0.25) is 29.5 Å². The number of alkyl carbamates (subject to hydrolysis) is 1. The van der Waals surface area contributed by atoms with Crippen molar-refractivity contribution in [2.24, 2.45) is 5.73 Å². The van der Waals surface area contributed by atoms with E-state index in [1.54, 1.807) is 22.5 Å². The number of nitrogens with zero attached hydrogens (tertiary/aromatic N) is 3. The molecule has 0 unspecified atom stereocenters. The maximum Gasteiger partial charge on any atom is 0.407 e. The van der Waals surface area contributed by atoms with E-state index in [1.165, 1.54) is 13.8 Å². The fourth-order valence-electron chi connectivity index (χ4n) is 9.68. The second-order valence-corrected chi connectivity index (χ2v) is 18.3. The minimum Gasteiger partial charge on any atom is -0.458 e. The molecule has 5 aromatic rings. The molecule has 0 saturated carbocycles. The van der Waals surface area contributed by atoms with Gasteiger partial charge in [0.25, 0.3) is 5.56 Å². The number of rotatable bonds is 17. The lowest BCUT2D eigenvalue weighted by atomic mass is 9.86. The third-order valence-electron chi connectivity index (χ3n) is 13.5. The number of fused-ring (bicyclic) bond motifs is 8. The zero-order chi connectivity index (χ0) is 50.9. The number of nitrogens with two attached hydrogens (primary N) is 1. The van der Waals surface area contributed by atoms with Gasteiger partial charge in [-0.15, -0.1) is 0 Å². The second kappa shape index (κ2) is 20.2. The van der Waals surface area contributed by atoms with Crippen LogP contribution in [0.5, 0.6) is 0 Å². The van der Waals surface area contributed by atoms with Crippen LogP contribution >= 0.6 is 0 Å². The minimum atomic E-state index is -1.99. The van der Waals surface area contributed by atoms with Gasteiger partial charge < -0.3 is 51.0 Å². The van der Waals surface area contributed by atoms with Gasteiger partial charge >= 0.3 is 12.1 Å². The molecule has 0 spiro atoms. The molecule has 7 N–H and O–H groups in total. The van der Waals surface area contributed by atoms with Gasteiger partial charge in [0.15, 0.2) is 5.60 Å². The van der Waals surface area contributed by atoms with E-state index in [4.69, 9.17) is 20.2 Å². The number of esters is 1. The summed E-state index contributed by atoms with van der Waals surface area (Å²) in [6, 6.07) is 20.6. The van der Waals surface area contributed by atoms with E-state index in [0.717, 1.165) is 38.8 Å². The van der Waals surface area contributed by atoms with E-state index < -0.39 is 83.8 Å². The van der Waals surface area contributed by atoms with Crippen LogP contribution in [0.15, 0.2) is 83.7 Å².